The van der Waals surface area contributed by atoms with Crippen molar-refractivity contribution >= 4 is 34.5 Å². The normalized spacial score (nSPS) is 13.1. The van der Waals surface area contributed by atoms with E-state index in [9.17, 15) is 9.59 Å². The number of nitrogens with one attached hydrogen (secondary N) is 1. The summed E-state index contributed by atoms with van der Waals surface area (Å²) in [5.41, 5.74) is 4.35. The summed E-state index contributed by atoms with van der Waals surface area (Å²) in [6.07, 6.45) is 2.12. The lowest BCUT2D eigenvalue weighted by molar-refractivity contribution is -0.117. The Morgan fingerprint density at radius 2 is 1.87 bits per heavy atom. The van der Waals surface area contributed by atoms with Gasteiger partial charge in [0, 0.05) is 29.1 Å². The third-order valence-electron chi connectivity index (χ3n) is 5.42. The van der Waals surface area contributed by atoms with Crippen LogP contribution in [0.2, 0.25) is 5.02 Å². The molecule has 1 amide bonds. The Bertz CT molecular complexity index is 1330. The fourth-order valence-corrected chi connectivity index (χ4v) is 4.00. The minimum Gasteiger partial charge on any atom is -0.383 e. The van der Waals surface area contributed by atoms with Crippen molar-refractivity contribution in [2.24, 2.45) is 0 Å². The predicted octanol–water partition coefficient (Wildman–Crippen LogP) is 3.35. The quantitative estimate of drug-likeness (QED) is 0.506. The lowest BCUT2D eigenvalue weighted by Gasteiger charge is -2.18. The molecule has 2 aromatic heterocycles. The fourth-order valence-electron chi connectivity index (χ4n) is 3.83. The van der Waals surface area contributed by atoms with Crippen LogP contribution >= 0.6 is 11.6 Å². The van der Waals surface area contributed by atoms with Gasteiger partial charge in [-0.25, -0.2) is 9.48 Å². The third kappa shape index (κ3) is 3.80. The molecule has 0 aliphatic carbocycles. The molecule has 5 rings (SSSR count). The van der Waals surface area contributed by atoms with E-state index in [1.165, 1.54) is 9.08 Å². The second kappa shape index (κ2) is 7.92. The van der Waals surface area contributed by atoms with Crippen LogP contribution in [0.3, 0.4) is 0 Å². The molecule has 0 spiro atoms. The van der Waals surface area contributed by atoms with Gasteiger partial charge in [0.05, 0.1) is 19.5 Å². The largest absolute Gasteiger partial charge is 0.383 e. The molecule has 3 heterocycles. The smallest absolute Gasteiger partial charge is 0.350 e. The van der Waals surface area contributed by atoms with Gasteiger partial charge in [0.2, 0.25) is 5.91 Å². The summed E-state index contributed by atoms with van der Waals surface area (Å²) in [6.45, 7) is 1.53. The van der Waals surface area contributed by atoms with Gasteiger partial charge in [-0.05, 0) is 47.5 Å². The third-order valence-corrected chi connectivity index (χ3v) is 5.65. The molecular weight excluding hydrogens is 414 g/mol. The van der Waals surface area contributed by atoms with Crippen LogP contribution in [0.25, 0.3) is 5.65 Å². The first-order valence-corrected chi connectivity index (χ1v) is 10.4. The maximum Gasteiger partial charge on any atom is 0.350 e. The number of carbonyl (C=O) groups excluding carboxylic acids is 1. The number of fused-ring (bicyclic) bond motifs is 2. The van der Waals surface area contributed by atoms with Crippen molar-refractivity contribution in [3.05, 3.63) is 93.5 Å². The molecule has 0 radical (unpaired) electrons. The van der Waals surface area contributed by atoms with Crippen molar-refractivity contribution in [2.75, 3.05) is 16.8 Å². The van der Waals surface area contributed by atoms with Crippen molar-refractivity contribution in [3.63, 3.8) is 0 Å². The van der Waals surface area contributed by atoms with Crippen LogP contribution in [0.4, 0.5) is 11.4 Å². The molecule has 7 nitrogen and oxygen atoms in total. The molecule has 31 heavy (non-hydrogen) atoms. The highest BCUT2D eigenvalue weighted by atomic mass is 35.5. The van der Waals surface area contributed by atoms with E-state index < -0.39 is 0 Å². The minimum atomic E-state index is -0.150. The number of halogens is 1. The summed E-state index contributed by atoms with van der Waals surface area (Å²) < 4.78 is 2.98. The molecule has 0 saturated heterocycles. The lowest BCUT2D eigenvalue weighted by Crippen LogP contribution is -2.26. The van der Waals surface area contributed by atoms with Crippen molar-refractivity contribution in [1.29, 1.82) is 0 Å². The Balaban J connectivity index is 1.22. The molecule has 0 bridgehead atoms. The van der Waals surface area contributed by atoms with Gasteiger partial charge >= 0.3 is 5.69 Å². The van der Waals surface area contributed by atoms with Gasteiger partial charge in [0.25, 0.3) is 0 Å². The van der Waals surface area contributed by atoms with Crippen LogP contribution in [0, 0.1) is 0 Å². The Morgan fingerprint density at radius 3 is 2.68 bits per heavy atom. The number of amides is 1. The SMILES string of the molecule is O=C1Cc2ccc(Cl)cc2N1Cc1ccc(NCCn2nc3ccccn3c2=O)cc1. The van der Waals surface area contributed by atoms with Gasteiger partial charge in [-0.15, -0.1) is 5.10 Å². The number of hydrogen-bond donors (Lipinski definition) is 1. The number of nitrogens with zero attached hydrogens (tertiary/aromatic N) is 4. The first kappa shape index (κ1) is 19.4. The van der Waals surface area contributed by atoms with E-state index in [1.807, 2.05) is 60.7 Å². The molecule has 0 atom stereocenters. The summed E-state index contributed by atoms with van der Waals surface area (Å²) in [5.74, 6) is 0.0809. The van der Waals surface area contributed by atoms with Gasteiger partial charge in [-0.2, -0.15) is 0 Å². The first-order valence-electron chi connectivity index (χ1n) is 10.0. The molecule has 1 N–H and O–H groups in total. The van der Waals surface area contributed by atoms with Crippen molar-refractivity contribution < 1.29 is 4.79 Å². The number of anilines is 2. The number of hydrogen-bond acceptors (Lipinski definition) is 4. The second-order valence-corrected chi connectivity index (χ2v) is 7.92. The second-order valence-electron chi connectivity index (χ2n) is 7.49. The summed E-state index contributed by atoms with van der Waals surface area (Å²) in [4.78, 5) is 26.5. The molecule has 0 fully saturated rings. The molecule has 0 saturated carbocycles. The summed E-state index contributed by atoms with van der Waals surface area (Å²) in [5, 5.41) is 8.26. The van der Waals surface area contributed by atoms with E-state index in [4.69, 9.17) is 11.6 Å². The maximum absolute atomic E-state index is 12.4. The number of rotatable bonds is 6. The molecular formula is C23H20ClN5O2. The predicted molar refractivity (Wildman–Crippen MR) is 121 cm³/mol. The van der Waals surface area contributed by atoms with Crippen molar-refractivity contribution in [3.8, 4) is 0 Å². The highest BCUT2D eigenvalue weighted by Crippen LogP contribution is 2.32. The van der Waals surface area contributed by atoms with E-state index >= 15 is 0 Å². The van der Waals surface area contributed by atoms with E-state index in [-0.39, 0.29) is 11.6 Å². The zero-order valence-electron chi connectivity index (χ0n) is 16.7. The summed E-state index contributed by atoms with van der Waals surface area (Å²) >= 11 is 6.11. The van der Waals surface area contributed by atoms with Gasteiger partial charge < -0.3 is 10.2 Å². The Kier molecular flexibility index (Phi) is 4.95. The highest BCUT2D eigenvalue weighted by Gasteiger charge is 2.27. The van der Waals surface area contributed by atoms with E-state index in [0.717, 1.165) is 22.5 Å². The Labute approximate surface area is 183 Å². The van der Waals surface area contributed by atoms with Crippen molar-refractivity contribution in [1.82, 2.24) is 14.2 Å². The van der Waals surface area contributed by atoms with Gasteiger partial charge in [0.15, 0.2) is 5.65 Å². The molecule has 2 aromatic carbocycles. The van der Waals surface area contributed by atoms with Crippen LogP contribution in [-0.4, -0.2) is 26.6 Å². The van der Waals surface area contributed by atoms with Crippen LogP contribution in [0.15, 0.2) is 71.7 Å². The minimum absolute atomic E-state index is 0.0809. The lowest BCUT2D eigenvalue weighted by atomic mass is 10.1. The maximum atomic E-state index is 12.4. The monoisotopic (exact) mass is 433 g/mol. The molecule has 1 aliphatic heterocycles. The molecule has 1 aliphatic rings. The van der Waals surface area contributed by atoms with Crippen LogP contribution in [0.5, 0.6) is 0 Å². The zero-order valence-corrected chi connectivity index (χ0v) is 17.4. The van der Waals surface area contributed by atoms with Gasteiger partial charge in [0.1, 0.15) is 0 Å². The Hall–Kier alpha value is -3.58. The van der Waals surface area contributed by atoms with Crippen LogP contribution in [-0.2, 0) is 24.3 Å². The van der Waals surface area contributed by atoms with Crippen LogP contribution in [0.1, 0.15) is 11.1 Å². The van der Waals surface area contributed by atoms with Crippen LogP contribution < -0.4 is 15.9 Å². The van der Waals surface area contributed by atoms with E-state index in [0.29, 0.717) is 36.7 Å². The number of pyridine rings is 1. The number of benzene rings is 2. The number of carbonyl (C=O) groups is 1. The van der Waals surface area contributed by atoms with Gasteiger partial charge in [-0.1, -0.05) is 35.9 Å². The highest BCUT2D eigenvalue weighted by molar-refractivity contribution is 6.31. The first-order chi connectivity index (χ1) is 15.1. The average molecular weight is 434 g/mol. The van der Waals surface area contributed by atoms with Crippen molar-refractivity contribution in [2.45, 2.75) is 19.5 Å². The van der Waals surface area contributed by atoms with E-state index in [2.05, 4.69) is 10.4 Å². The molecule has 156 valence electrons. The standard InChI is InChI=1S/C23H20ClN5O2/c24-18-7-6-17-13-22(30)28(20(17)14-18)15-16-4-8-19(9-5-16)25-10-12-29-23(31)27-11-2-1-3-21(27)26-29/h1-9,11,14,25H,10,12-13,15H2. The molecule has 0 unspecified atom stereocenters. The zero-order chi connectivity index (χ0) is 21.4. The van der Waals surface area contributed by atoms with E-state index in [1.54, 1.807) is 11.1 Å². The van der Waals surface area contributed by atoms with Gasteiger partial charge in [-0.3, -0.25) is 9.20 Å². The Morgan fingerprint density at radius 1 is 1.03 bits per heavy atom. The topological polar surface area (TPSA) is 71.6 Å². The summed E-state index contributed by atoms with van der Waals surface area (Å²) in [6, 6.07) is 19.0. The summed E-state index contributed by atoms with van der Waals surface area (Å²) in [7, 11) is 0. The molecule has 4 aromatic rings. The fraction of sp³-hybridized carbons (Fsp3) is 0.174. The average Bonchev–Trinajstić information content (AvgIpc) is 3.26. The number of aromatic nitrogens is 3. The molecule has 8 heteroatoms.